The highest BCUT2D eigenvalue weighted by molar-refractivity contribution is 5.96. The van der Waals surface area contributed by atoms with Crippen molar-refractivity contribution in [2.75, 3.05) is 0 Å². The Hall–Kier alpha value is -2.29. The van der Waals surface area contributed by atoms with Gasteiger partial charge in [-0.2, -0.15) is 5.43 Å². The molecule has 0 N–H and O–H groups in total. The van der Waals surface area contributed by atoms with Crippen LogP contribution in [-0.2, 0) is 0 Å². The van der Waals surface area contributed by atoms with Crippen LogP contribution in [0.25, 0.3) is 11.1 Å². The quantitative estimate of drug-likeness (QED) is 0.689. The van der Waals surface area contributed by atoms with E-state index in [1.54, 1.807) is 6.20 Å². The van der Waals surface area contributed by atoms with Gasteiger partial charge in [0.1, 0.15) is 0 Å². The van der Waals surface area contributed by atoms with E-state index in [1.165, 1.54) is 11.1 Å². The van der Waals surface area contributed by atoms with E-state index >= 15 is 0 Å². The Kier molecular flexibility index (Phi) is 2.07. The first-order valence-corrected chi connectivity index (χ1v) is 5.12. The number of rotatable bonds is 1. The van der Waals surface area contributed by atoms with Gasteiger partial charge in [-0.1, -0.05) is 30.3 Å². The molecule has 0 aliphatic carbocycles. The summed E-state index contributed by atoms with van der Waals surface area (Å²) in [7, 11) is 0. The molecule has 1 aliphatic heterocycles. The monoisotopic (exact) mass is 208 g/mol. The maximum atomic E-state index is 4.01. The Morgan fingerprint density at radius 3 is 2.56 bits per heavy atom. The minimum absolute atomic E-state index is 0.849. The first-order chi connectivity index (χ1) is 7.93. The molecule has 0 bridgehead atoms. The molecule has 0 saturated heterocycles. The highest BCUT2D eigenvalue weighted by Gasteiger charge is 2.05. The van der Waals surface area contributed by atoms with E-state index in [1.807, 2.05) is 35.0 Å². The van der Waals surface area contributed by atoms with Crippen LogP contribution in [0.15, 0.2) is 66.2 Å². The molecule has 0 atom stereocenters. The minimum Gasteiger partial charge on any atom is -0.306 e. The molecule has 16 heavy (non-hydrogen) atoms. The van der Waals surface area contributed by atoms with Crippen molar-refractivity contribution in [3.63, 3.8) is 0 Å². The molecule has 0 saturated carbocycles. The summed E-state index contributed by atoms with van der Waals surface area (Å²) >= 11 is 0. The van der Waals surface area contributed by atoms with Gasteiger partial charge in [0, 0.05) is 18.5 Å². The second kappa shape index (κ2) is 3.70. The highest BCUT2D eigenvalue weighted by atomic mass is 15.3. The number of hydrogen-bond donors (Lipinski definition) is 0. The van der Waals surface area contributed by atoms with E-state index in [0.29, 0.717) is 0 Å². The summed E-state index contributed by atoms with van der Waals surface area (Å²) in [6.07, 6.45) is 7.62. The Balaban J connectivity index is 1.97. The van der Waals surface area contributed by atoms with Crippen molar-refractivity contribution in [2.24, 2.45) is 5.10 Å². The largest absolute Gasteiger partial charge is 0.306 e. The molecule has 1 radical (unpaired) electrons. The number of allylic oxidation sites excluding steroid dienone is 1. The fraction of sp³-hybridized carbons (Fsp3) is 0. The summed E-state index contributed by atoms with van der Waals surface area (Å²) in [5.41, 5.74) is 6.20. The predicted octanol–water partition coefficient (Wildman–Crippen LogP) is 2.45. The van der Waals surface area contributed by atoms with E-state index in [4.69, 9.17) is 0 Å². The Bertz CT molecular complexity index is 550. The van der Waals surface area contributed by atoms with Gasteiger partial charge in [-0.05, 0) is 17.2 Å². The summed E-state index contributed by atoms with van der Waals surface area (Å²) in [5, 5.41) is 4.01. The van der Waals surface area contributed by atoms with Crippen molar-refractivity contribution < 1.29 is 0 Å². The van der Waals surface area contributed by atoms with Gasteiger partial charge in [0.2, 0.25) is 0 Å². The molecule has 1 aliphatic rings. The van der Waals surface area contributed by atoms with Crippen molar-refractivity contribution in [3.8, 4) is 11.1 Å². The fourth-order valence-corrected chi connectivity index (χ4v) is 1.70. The molecule has 1 aromatic heterocycles. The Morgan fingerprint density at radius 2 is 1.81 bits per heavy atom. The second-order valence-corrected chi connectivity index (χ2v) is 3.56. The van der Waals surface area contributed by atoms with Crippen molar-refractivity contribution in [2.45, 2.75) is 0 Å². The van der Waals surface area contributed by atoms with Crippen LogP contribution in [0, 0.1) is 0 Å². The Labute approximate surface area is 93.7 Å². The summed E-state index contributed by atoms with van der Waals surface area (Å²) in [6.45, 7) is 0. The van der Waals surface area contributed by atoms with Crippen LogP contribution in [-0.4, -0.2) is 10.4 Å². The molecule has 2 heterocycles. The number of nitrogens with zero attached hydrogens (tertiary/aromatic N) is 3. The fourth-order valence-electron chi connectivity index (χ4n) is 1.70. The van der Waals surface area contributed by atoms with E-state index in [2.05, 4.69) is 34.9 Å². The summed E-state index contributed by atoms with van der Waals surface area (Å²) in [4.78, 5) is 0. The van der Waals surface area contributed by atoms with Crippen LogP contribution < -0.4 is 5.43 Å². The van der Waals surface area contributed by atoms with Gasteiger partial charge in [0.25, 0.3) is 0 Å². The van der Waals surface area contributed by atoms with E-state index in [0.717, 1.165) is 5.84 Å². The average molecular weight is 208 g/mol. The zero-order valence-corrected chi connectivity index (χ0v) is 8.62. The molecule has 77 valence electrons. The topological polar surface area (TPSA) is 31.4 Å². The molecule has 1 aromatic carbocycles. The minimum atomic E-state index is 0.849. The molecule has 0 fully saturated rings. The van der Waals surface area contributed by atoms with Gasteiger partial charge in [-0.25, -0.2) is 0 Å². The molecular formula is C13H10N3. The van der Waals surface area contributed by atoms with Gasteiger partial charge >= 0.3 is 0 Å². The number of hydrogen-bond acceptors (Lipinski definition) is 1. The average Bonchev–Trinajstić information content (AvgIpc) is 3.01. The van der Waals surface area contributed by atoms with Gasteiger partial charge in [-0.15, -0.1) is 5.10 Å². The maximum absolute atomic E-state index is 4.01. The van der Waals surface area contributed by atoms with Crippen LogP contribution in [0.1, 0.15) is 0 Å². The van der Waals surface area contributed by atoms with Gasteiger partial charge in [0.05, 0.1) is 6.20 Å². The van der Waals surface area contributed by atoms with E-state index < -0.39 is 0 Å². The SMILES string of the molecule is C1=CC(n2ccc(-c3ccccc3)c2)=N[N]1. The van der Waals surface area contributed by atoms with E-state index in [9.17, 15) is 0 Å². The molecule has 0 spiro atoms. The second-order valence-electron chi connectivity index (χ2n) is 3.56. The smallest absolute Gasteiger partial charge is 0.160 e. The lowest BCUT2D eigenvalue weighted by Crippen LogP contribution is -2.03. The van der Waals surface area contributed by atoms with Crippen LogP contribution in [0.2, 0.25) is 0 Å². The molecule has 3 heteroatoms. The van der Waals surface area contributed by atoms with E-state index in [-0.39, 0.29) is 0 Å². The molecule has 3 rings (SSSR count). The van der Waals surface area contributed by atoms with Crippen molar-refractivity contribution in [1.29, 1.82) is 0 Å². The first kappa shape index (κ1) is 8.97. The standard InChI is InChI=1S/C13H10N3/c1-2-4-11(5-3-1)12-7-9-16(10-12)13-6-8-14-15-13/h1-10H. The summed E-state index contributed by atoms with van der Waals surface area (Å²) in [6, 6.07) is 12.4. The Morgan fingerprint density at radius 1 is 0.938 bits per heavy atom. The maximum Gasteiger partial charge on any atom is 0.160 e. The number of benzene rings is 1. The summed E-state index contributed by atoms with van der Waals surface area (Å²) in [5.74, 6) is 0.849. The van der Waals surface area contributed by atoms with Crippen molar-refractivity contribution in [3.05, 3.63) is 61.1 Å². The lowest BCUT2D eigenvalue weighted by atomic mass is 10.1. The van der Waals surface area contributed by atoms with Crippen molar-refractivity contribution >= 4 is 5.84 Å². The zero-order valence-electron chi connectivity index (χ0n) is 8.62. The van der Waals surface area contributed by atoms with Gasteiger partial charge < -0.3 is 4.57 Å². The molecule has 3 nitrogen and oxygen atoms in total. The zero-order chi connectivity index (χ0) is 10.8. The first-order valence-electron chi connectivity index (χ1n) is 5.12. The molecule has 2 aromatic rings. The third-order valence-corrected chi connectivity index (χ3v) is 2.51. The normalized spacial score (nSPS) is 13.6. The molecular weight excluding hydrogens is 198 g/mol. The molecule has 0 amide bonds. The highest BCUT2D eigenvalue weighted by Crippen LogP contribution is 2.19. The lowest BCUT2D eigenvalue weighted by Gasteiger charge is -1.97. The van der Waals surface area contributed by atoms with Gasteiger partial charge in [-0.3, -0.25) is 0 Å². The van der Waals surface area contributed by atoms with Gasteiger partial charge in [0.15, 0.2) is 5.84 Å². The molecule has 0 unspecified atom stereocenters. The van der Waals surface area contributed by atoms with Crippen LogP contribution in [0.5, 0.6) is 0 Å². The number of aromatic nitrogens is 1. The van der Waals surface area contributed by atoms with Crippen molar-refractivity contribution in [1.82, 2.24) is 9.99 Å². The van der Waals surface area contributed by atoms with Crippen LogP contribution >= 0.6 is 0 Å². The predicted molar refractivity (Wildman–Crippen MR) is 64.0 cm³/mol. The van der Waals surface area contributed by atoms with Crippen LogP contribution in [0.4, 0.5) is 0 Å². The third kappa shape index (κ3) is 1.52. The third-order valence-electron chi connectivity index (χ3n) is 2.51. The van der Waals surface area contributed by atoms with Crippen LogP contribution in [0.3, 0.4) is 0 Å². The summed E-state index contributed by atoms with van der Waals surface area (Å²) < 4.78 is 1.97. The lowest BCUT2D eigenvalue weighted by molar-refractivity contribution is 0.956.